The lowest BCUT2D eigenvalue weighted by Gasteiger charge is -2.15. The van der Waals surface area contributed by atoms with E-state index < -0.39 is 0 Å². The predicted octanol–water partition coefficient (Wildman–Crippen LogP) is 4.22. The molecule has 0 bridgehead atoms. The Labute approximate surface area is 167 Å². The molecule has 0 spiro atoms. The standard InChI is InChI=1S/C17H28ClN3O2.HI/c1-5-7-8-9-20-17(19-3)21-12-13-10-14(18)16(23-6-2)15(11-13)22-4;/h10-11H,5-9,12H2,1-4H3,(H2,19,20,21);1H. The second kappa shape index (κ2) is 13.4. The van der Waals surface area contributed by atoms with Crippen molar-refractivity contribution < 1.29 is 9.47 Å². The molecule has 0 aromatic heterocycles. The fourth-order valence-electron chi connectivity index (χ4n) is 2.15. The zero-order chi connectivity index (χ0) is 17.1. The number of benzene rings is 1. The van der Waals surface area contributed by atoms with Crippen LogP contribution in [-0.4, -0.2) is 33.3 Å². The number of ether oxygens (including phenoxy) is 2. The third-order valence-electron chi connectivity index (χ3n) is 3.33. The van der Waals surface area contributed by atoms with E-state index in [0.29, 0.717) is 29.7 Å². The topological polar surface area (TPSA) is 54.9 Å². The molecule has 1 aromatic carbocycles. The minimum atomic E-state index is 0. The highest BCUT2D eigenvalue weighted by molar-refractivity contribution is 14.0. The van der Waals surface area contributed by atoms with Gasteiger partial charge >= 0.3 is 0 Å². The summed E-state index contributed by atoms with van der Waals surface area (Å²) in [5.74, 6) is 2.01. The third-order valence-corrected chi connectivity index (χ3v) is 3.61. The molecule has 0 aliphatic rings. The summed E-state index contributed by atoms with van der Waals surface area (Å²) in [5.41, 5.74) is 1.01. The number of hydrogen-bond donors (Lipinski definition) is 2. The zero-order valence-electron chi connectivity index (χ0n) is 14.9. The third kappa shape index (κ3) is 7.79. The molecule has 0 saturated carbocycles. The molecule has 0 unspecified atom stereocenters. The van der Waals surface area contributed by atoms with E-state index in [1.54, 1.807) is 14.2 Å². The van der Waals surface area contributed by atoms with Crippen LogP contribution in [0.4, 0.5) is 0 Å². The van der Waals surface area contributed by atoms with Crippen molar-refractivity contribution in [3.63, 3.8) is 0 Å². The summed E-state index contributed by atoms with van der Waals surface area (Å²) in [6, 6.07) is 3.81. The first-order valence-electron chi connectivity index (χ1n) is 8.09. The minimum Gasteiger partial charge on any atom is -0.493 e. The molecule has 0 amide bonds. The maximum Gasteiger partial charge on any atom is 0.191 e. The number of nitrogens with zero attached hydrogens (tertiary/aromatic N) is 1. The van der Waals surface area contributed by atoms with Gasteiger partial charge in [0.05, 0.1) is 18.7 Å². The fourth-order valence-corrected chi connectivity index (χ4v) is 2.44. The van der Waals surface area contributed by atoms with E-state index in [2.05, 4.69) is 22.5 Å². The van der Waals surface area contributed by atoms with Crippen LogP contribution in [0.15, 0.2) is 17.1 Å². The van der Waals surface area contributed by atoms with Gasteiger partial charge in [0.2, 0.25) is 0 Å². The van der Waals surface area contributed by atoms with Crippen molar-refractivity contribution in [3.8, 4) is 11.5 Å². The Morgan fingerprint density at radius 3 is 2.54 bits per heavy atom. The van der Waals surface area contributed by atoms with Crippen molar-refractivity contribution in [2.24, 2.45) is 4.99 Å². The Morgan fingerprint density at radius 1 is 1.21 bits per heavy atom. The Kier molecular flexibility index (Phi) is 12.9. The highest BCUT2D eigenvalue weighted by atomic mass is 127. The lowest BCUT2D eigenvalue weighted by molar-refractivity contribution is 0.311. The van der Waals surface area contributed by atoms with E-state index in [4.69, 9.17) is 21.1 Å². The van der Waals surface area contributed by atoms with Gasteiger partial charge in [0.1, 0.15) is 0 Å². The molecule has 1 rings (SSSR count). The molecule has 1 aromatic rings. The molecule has 138 valence electrons. The van der Waals surface area contributed by atoms with Gasteiger partial charge in [-0.25, -0.2) is 0 Å². The van der Waals surface area contributed by atoms with Gasteiger partial charge in [-0.1, -0.05) is 31.4 Å². The van der Waals surface area contributed by atoms with E-state index in [0.717, 1.165) is 24.5 Å². The number of guanidine groups is 1. The second-order valence-corrected chi connectivity index (χ2v) is 5.51. The molecular formula is C17H29ClIN3O2. The van der Waals surface area contributed by atoms with Crippen LogP contribution in [-0.2, 0) is 6.54 Å². The summed E-state index contributed by atoms with van der Waals surface area (Å²) in [5, 5.41) is 7.13. The van der Waals surface area contributed by atoms with Crippen LogP contribution in [0, 0.1) is 0 Å². The van der Waals surface area contributed by atoms with Crippen molar-refractivity contribution in [3.05, 3.63) is 22.7 Å². The van der Waals surface area contributed by atoms with Crippen LogP contribution in [0.5, 0.6) is 11.5 Å². The summed E-state index contributed by atoms with van der Waals surface area (Å²) in [6.45, 7) is 6.17. The number of rotatable bonds is 9. The number of aliphatic imine (C=N–C) groups is 1. The summed E-state index contributed by atoms with van der Waals surface area (Å²) < 4.78 is 10.9. The molecule has 2 N–H and O–H groups in total. The predicted molar refractivity (Wildman–Crippen MR) is 112 cm³/mol. The fraction of sp³-hybridized carbons (Fsp3) is 0.588. The van der Waals surface area contributed by atoms with E-state index in [-0.39, 0.29) is 24.0 Å². The maximum absolute atomic E-state index is 6.28. The quantitative estimate of drug-likeness (QED) is 0.246. The van der Waals surface area contributed by atoms with Crippen LogP contribution in [0.3, 0.4) is 0 Å². The van der Waals surface area contributed by atoms with Crippen LogP contribution < -0.4 is 20.1 Å². The Morgan fingerprint density at radius 2 is 1.96 bits per heavy atom. The normalized spacial score (nSPS) is 10.8. The molecule has 0 heterocycles. The van der Waals surface area contributed by atoms with Crippen LogP contribution in [0.25, 0.3) is 0 Å². The van der Waals surface area contributed by atoms with Crippen LogP contribution in [0.1, 0.15) is 38.7 Å². The molecule has 5 nitrogen and oxygen atoms in total. The van der Waals surface area contributed by atoms with E-state index in [9.17, 15) is 0 Å². The number of halogens is 2. The number of methoxy groups -OCH3 is 1. The highest BCUT2D eigenvalue weighted by Gasteiger charge is 2.11. The summed E-state index contributed by atoms with van der Waals surface area (Å²) in [7, 11) is 3.38. The van der Waals surface area contributed by atoms with Gasteiger partial charge < -0.3 is 20.1 Å². The summed E-state index contributed by atoms with van der Waals surface area (Å²) in [6.07, 6.45) is 3.56. The Balaban J connectivity index is 0.00000529. The largest absolute Gasteiger partial charge is 0.493 e. The first kappa shape index (κ1) is 23.1. The lowest BCUT2D eigenvalue weighted by atomic mass is 10.2. The minimum absolute atomic E-state index is 0. The number of hydrogen-bond acceptors (Lipinski definition) is 3. The summed E-state index contributed by atoms with van der Waals surface area (Å²) in [4.78, 5) is 4.22. The van der Waals surface area contributed by atoms with Crippen molar-refractivity contribution in [2.75, 3.05) is 27.3 Å². The number of unbranched alkanes of at least 4 members (excludes halogenated alkanes) is 2. The first-order chi connectivity index (χ1) is 11.2. The molecule has 0 atom stereocenters. The highest BCUT2D eigenvalue weighted by Crippen LogP contribution is 2.36. The van der Waals surface area contributed by atoms with Gasteiger partial charge in [0.25, 0.3) is 0 Å². The van der Waals surface area contributed by atoms with Gasteiger partial charge in [0.15, 0.2) is 17.5 Å². The lowest BCUT2D eigenvalue weighted by Crippen LogP contribution is -2.37. The Bertz CT molecular complexity index is 513. The SMILES string of the molecule is CCCCCNC(=NC)NCc1cc(Cl)c(OCC)c(OC)c1.I. The van der Waals surface area contributed by atoms with E-state index >= 15 is 0 Å². The van der Waals surface area contributed by atoms with Crippen molar-refractivity contribution in [2.45, 2.75) is 39.7 Å². The molecule has 0 aliphatic heterocycles. The maximum atomic E-state index is 6.28. The van der Waals surface area contributed by atoms with E-state index in [1.807, 2.05) is 19.1 Å². The first-order valence-corrected chi connectivity index (χ1v) is 8.47. The zero-order valence-corrected chi connectivity index (χ0v) is 18.0. The average molecular weight is 470 g/mol. The average Bonchev–Trinajstić information content (AvgIpc) is 2.56. The molecule has 0 saturated heterocycles. The van der Waals surface area contributed by atoms with Gasteiger partial charge in [-0.2, -0.15) is 0 Å². The molecule has 0 radical (unpaired) electrons. The molecular weight excluding hydrogens is 441 g/mol. The van der Waals surface area contributed by atoms with Crippen molar-refractivity contribution >= 4 is 41.5 Å². The van der Waals surface area contributed by atoms with Gasteiger partial charge in [-0.15, -0.1) is 24.0 Å². The Hall–Kier alpha value is -0.890. The van der Waals surface area contributed by atoms with Crippen molar-refractivity contribution in [1.29, 1.82) is 0 Å². The van der Waals surface area contributed by atoms with Crippen LogP contribution in [0.2, 0.25) is 5.02 Å². The van der Waals surface area contributed by atoms with Gasteiger partial charge in [-0.05, 0) is 31.0 Å². The molecule has 7 heteroatoms. The molecule has 0 fully saturated rings. The summed E-state index contributed by atoms with van der Waals surface area (Å²) >= 11 is 6.28. The smallest absolute Gasteiger partial charge is 0.191 e. The van der Waals surface area contributed by atoms with Crippen molar-refractivity contribution in [1.82, 2.24) is 10.6 Å². The van der Waals surface area contributed by atoms with Crippen LogP contribution >= 0.6 is 35.6 Å². The molecule has 24 heavy (non-hydrogen) atoms. The van der Waals surface area contributed by atoms with Gasteiger partial charge in [-0.3, -0.25) is 4.99 Å². The number of nitrogens with one attached hydrogen (secondary N) is 2. The van der Waals surface area contributed by atoms with E-state index in [1.165, 1.54) is 12.8 Å². The van der Waals surface area contributed by atoms with Gasteiger partial charge in [0, 0.05) is 20.1 Å². The second-order valence-electron chi connectivity index (χ2n) is 5.10. The molecule has 0 aliphatic carbocycles. The monoisotopic (exact) mass is 469 g/mol.